The molecule has 0 amide bonds. The molecule has 0 saturated carbocycles. The Morgan fingerprint density at radius 3 is 1.19 bits per heavy atom. The van der Waals surface area contributed by atoms with Gasteiger partial charge in [0.25, 0.3) is 0 Å². The number of rotatable bonds is 4. The van der Waals surface area contributed by atoms with Gasteiger partial charge in [-0.05, 0) is 0 Å². The molecule has 0 radical (unpaired) electrons. The molecule has 0 nitrogen and oxygen atoms in total. The summed E-state index contributed by atoms with van der Waals surface area (Å²) >= 11 is -3.84. The fourth-order valence-electron chi connectivity index (χ4n) is 3.40. The van der Waals surface area contributed by atoms with Crippen molar-refractivity contribution in [2.75, 3.05) is 0 Å². The topological polar surface area (TPSA) is 0 Å². The van der Waals surface area contributed by atoms with Crippen molar-refractivity contribution in [2.45, 2.75) is 33.6 Å². The van der Waals surface area contributed by atoms with E-state index in [4.69, 9.17) is 16.6 Å². The Kier molecular flexibility index (Phi) is 5.12. The van der Waals surface area contributed by atoms with Crippen LogP contribution in [0, 0.1) is 0 Å². The molecule has 0 bridgehead atoms. The molecule has 0 N–H and O–H groups in total. The Labute approximate surface area is 140 Å². The van der Waals surface area contributed by atoms with Gasteiger partial charge in [-0.25, -0.2) is 0 Å². The van der Waals surface area contributed by atoms with Crippen LogP contribution >= 0.6 is 16.6 Å². The SMILES string of the molecule is C[C](C)(c1ccccc1)[Cd]([Cl])([Cl])[C](C)(C)c1ccccc1. The maximum absolute atomic E-state index is 7.18. The van der Waals surface area contributed by atoms with E-state index in [1.807, 2.05) is 12.1 Å². The van der Waals surface area contributed by atoms with Crippen LogP contribution in [-0.2, 0) is 24.7 Å². The van der Waals surface area contributed by atoms with Crippen molar-refractivity contribution < 1.29 is 18.7 Å². The summed E-state index contributed by atoms with van der Waals surface area (Å²) in [6.45, 7) is 8.83. The molecule has 2 rings (SSSR count). The van der Waals surface area contributed by atoms with Crippen LogP contribution in [0.25, 0.3) is 0 Å². The van der Waals surface area contributed by atoms with E-state index >= 15 is 0 Å². The zero-order valence-corrected chi connectivity index (χ0v) is 18.8. The van der Waals surface area contributed by atoms with Gasteiger partial charge in [-0.3, -0.25) is 0 Å². The molecule has 3 heteroatoms. The quantitative estimate of drug-likeness (QED) is 0.507. The Bertz CT molecular complexity index is 536. The molecule has 0 heterocycles. The summed E-state index contributed by atoms with van der Waals surface area (Å²) in [5, 5.41) is 0. The van der Waals surface area contributed by atoms with E-state index < -0.39 is 18.7 Å². The van der Waals surface area contributed by atoms with Crippen LogP contribution in [0.15, 0.2) is 60.7 Å². The van der Waals surface area contributed by atoms with Gasteiger partial charge in [0.1, 0.15) is 0 Å². The van der Waals surface area contributed by atoms with Crippen LogP contribution in [0.1, 0.15) is 38.8 Å². The van der Waals surface area contributed by atoms with E-state index in [0.29, 0.717) is 0 Å². The average molecular weight is 422 g/mol. The fourth-order valence-corrected chi connectivity index (χ4v) is 18.1. The molecule has 0 atom stereocenters. The van der Waals surface area contributed by atoms with Crippen molar-refractivity contribution in [3.05, 3.63) is 71.8 Å². The van der Waals surface area contributed by atoms with Gasteiger partial charge in [0.15, 0.2) is 0 Å². The molecular weight excluding hydrogens is 400 g/mol. The summed E-state index contributed by atoms with van der Waals surface area (Å²) in [5.74, 6) is 0. The van der Waals surface area contributed by atoms with Crippen molar-refractivity contribution in [3.63, 3.8) is 0 Å². The molecular formula is C18H22CdCl2. The summed E-state index contributed by atoms with van der Waals surface area (Å²) in [6.07, 6.45) is 0. The number of halogens is 2. The summed E-state index contributed by atoms with van der Waals surface area (Å²) < 4.78 is -0.324. The van der Waals surface area contributed by atoms with Gasteiger partial charge in [0.2, 0.25) is 0 Å². The predicted molar refractivity (Wildman–Crippen MR) is 90.6 cm³/mol. The third kappa shape index (κ3) is 3.04. The summed E-state index contributed by atoms with van der Waals surface area (Å²) in [4.78, 5) is 0. The third-order valence-electron chi connectivity index (χ3n) is 5.33. The van der Waals surface area contributed by atoms with Crippen LogP contribution in [0.5, 0.6) is 0 Å². The van der Waals surface area contributed by atoms with Gasteiger partial charge in [0, 0.05) is 0 Å². The van der Waals surface area contributed by atoms with Crippen molar-refractivity contribution >= 4 is 16.6 Å². The average Bonchev–Trinajstić information content (AvgIpc) is 2.48. The predicted octanol–water partition coefficient (Wildman–Crippen LogP) is 6.32. The molecule has 0 aliphatic heterocycles. The van der Waals surface area contributed by atoms with Gasteiger partial charge in [0.05, 0.1) is 0 Å². The monoisotopic (exact) mass is 422 g/mol. The molecule has 110 valence electrons. The van der Waals surface area contributed by atoms with Gasteiger partial charge >= 0.3 is 141 Å². The first-order valence-corrected chi connectivity index (χ1v) is 21.8. The Balaban J connectivity index is 2.50. The van der Waals surface area contributed by atoms with Gasteiger partial charge in [-0.2, -0.15) is 0 Å². The molecule has 0 aliphatic carbocycles. The number of hydrogen-bond acceptors (Lipinski definition) is 0. The zero-order valence-electron chi connectivity index (χ0n) is 13.2. The van der Waals surface area contributed by atoms with E-state index in [1.165, 1.54) is 11.1 Å². The first-order valence-electron chi connectivity index (χ1n) is 7.56. The van der Waals surface area contributed by atoms with E-state index in [1.54, 1.807) is 0 Å². The zero-order chi connectivity index (χ0) is 15.7. The van der Waals surface area contributed by atoms with Crippen LogP contribution in [0.4, 0.5) is 0 Å². The summed E-state index contributed by atoms with van der Waals surface area (Å²) in [6, 6.07) is 20.9. The van der Waals surface area contributed by atoms with Crippen LogP contribution in [-0.4, -0.2) is 0 Å². The minimum absolute atomic E-state index is 0.162. The van der Waals surface area contributed by atoms with E-state index in [2.05, 4.69) is 76.2 Å². The first kappa shape index (κ1) is 17.3. The molecule has 2 aromatic rings. The van der Waals surface area contributed by atoms with Gasteiger partial charge < -0.3 is 0 Å². The Hall–Kier alpha value is -0.0579. The van der Waals surface area contributed by atoms with Crippen molar-refractivity contribution in [2.24, 2.45) is 0 Å². The standard InChI is InChI=1S/2C9H11.Cd.2ClH/c2*1-8(2)9-6-4-3-5-7-9;;;/h2*3-7H,1-2H3;;2*1H/q;;+2;;/p-2. The Morgan fingerprint density at radius 2 is 0.905 bits per heavy atom. The van der Waals surface area contributed by atoms with E-state index in [9.17, 15) is 0 Å². The second-order valence-electron chi connectivity index (χ2n) is 7.31. The van der Waals surface area contributed by atoms with Crippen LogP contribution in [0.3, 0.4) is 0 Å². The van der Waals surface area contributed by atoms with Crippen molar-refractivity contribution in [1.82, 2.24) is 0 Å². The van der Waals surface area contributed by atoms with E-state index in [0.717, 1.165) is 0 Å². The number of hydrogen-bond donors (Lipinski definition) is 0. The maximum atomic E-state index is 7.18. The molecule has 0 unspecified atom stereocenters. The molecule has 0 spiro atoms. The molecule has 0 aliphatic rings. The second-order valence-corrected chi connectivity index (χ2v) is 34.6. The molecule has 2 aromatic carbocycles. The molecule has 0 fully saturated rings. The molecule has 0 saturated heterocycles. The minimum atomic E-state index is -3.84. The first-order chi connectivity index (χ1) is 9.71. The van der Waals surface area contributed by atoms with Crippen LogP contribution in [0.2, 0.25) is 0 Å². The van der Waals surface area contributed by atoms with Crippen molar-refractivity contribution in [3.8, 4) is 0 Å². The third-order valence-corrected chi connectivity index (χ3v) is 38.3. The van der Waals surface area contributed by atoms with E-state index in [-0.39, 0.29) is 5.95 Å². The summed E-state index contributed by atoms with van der Waals surface area (Å²) in [5.41, 5.74) is 2.48. The van der Waals surface area contributed by atoms with Gasteiger partial charge in [-0.1, -0.05) is 0 Å². The fraction of sp³-hybridized carbons (Fsp3) is 0.333. The molecule has 21 heavy (non-hydrogen) atoms. The van der Waals surface area contributed by atoms with Crippen molar-refractivity contribution in [1.29, 1.82) is 0 Å². The molecule has 0 aromatic heterocycles. The van der Waals surface area contributed by atoms with Gasteiger partial charge in [-0.15, -0.1) is 0 Å². The second kappa shape index (κ2) is 6.21. The summed E-state index contributed by atoms with van der Waals surface area (Å²) in [7, 11) is 14.4. The number of benzene rings is 2. The van der Waals surface area contributed by atoms with Crippen LogP contribution < -0.4 is 0 Å². The Morgan fingerprint density at radius 1 is 0.619 bits per heavy atom. The normalized spacial score (nSPS) is 12.5.